The molecule has 6 nitrogen and oxygen atoms in total. The molecule has 4 rings (SSSR count). The molecular formula is C19H27N3O3S. The zero-order chi connectivity index (χ0) is 18.7. The summed E-state index contributed by atoms with van der Waals surface area (Å²) >= 11 is 0. The molecule has 1 saturated carbocycles. The van der Waals surface area contributed by atoms with Crippen LogP contribution in [0.2, 0.25) is 0 Å². The summed E-state index contributed by atoms with van der Waals surface area (Å²) in [6.07, 6.45) is 6.92. The summed E-state index contributed by atoms with van der Waals surface area (Å²) < 4.78 is 25.6. The van der Waals surface area contributed by atoms with Gasteiger partial charge in [-0.2, -0.15) is 5.10 Å². The lowest BCUT2D eigenvalue weighted by atomic mass is 9.92. The normalized spacial score (nSPS) is 32.3. The van der Waals surface area contributed by atoms with Gasteiger partial charge in [0.25, 0.3) is 0 Å². The molecule has 1 saturated heterocycles. The van der Waals surface area contributed by atoms with E-state index in [0.29, 0.717) is 24.1 Å². The van der Waals surface area contributed by atoms with Gasteiger partial charge in [0.1, 0.15) is 5.82 Å². The minimum atomic E-state index is -3.02. The van der Waals surface area contributed by atoms with Crippen LogP contribution in [0.15, 0.2) is 18.2 Å². The van der Waals surface area contributed by atoms with Crippen LogP contribution in [0.5, 0.6) is 0 Å². The van der Waals surface area contributed by atoms with Crippen LogP contribution >= 0.6 is 0 Å². The molecule has 3 aliphatic rings. The fraction of sp³-hybridized carbons (Fsp3) is 0.684. The number of amides is 1. The van der Waals surface area contributed by atoms with Gasteiger partial charge in [-0.05, 0) is 31.1 Å². The molecule has 1 amide bonds. The zero-order valence-electron chi connectivity index (χ0n) is 15.6. The number of carbonyl (C=O) groups is 1. The number of hydrogen-bond acceptors (Lipinski definition) is 4. The molecule has 1 N–H and O–H groups in total. The molecule has 0 radical (unpaired) electrons. The fourth-order valence-electron chi connectivity index (χ4n) is 4.40. The van der Waals surface area contributed by atoms with E-state index in [1.807, 2.05) is 6.07 Å². The molecule has 4 atom stereocenters. The molecule has 26 heavy (non-hydrogen) atoms. The Morgan fingerprint density at radius 2 is 2.04 bits per heavy atom. The first-order valence-corrected chi connectivity index (χ1v) is 11.2. The van der Waals surface area contributed by atoms with Gasteiger partial charge in [0.05, 0.1) is 23.2 Å². The molecule has 4 unspecified atom stereocenters. The van der Waals surface area contributed by atoms with Gasteiger partial charge < -0.3 is 5.32 Å². The van der Waals surface area contributed by atoms with Crippen LogP contribution in [0, 0.1) is 17.8 Å². The van der Waals surface area contributed by atoms with Crippen LogP contribution in [-0.4, -0.2) is 35.6 Å². The Bertz CT molecular complexity index is 863. The molecule has 142 valence electrons. The van der Waals surface area contributed by atoms with Gasteiger partial charge >= 0.3 is 0 Å². The van der Waals surface area contributed by atoms with Crippen molar-refractivity contribution >= 4 is 21.6 Å². The highest BCUT2D eigenvalue weighted by molar-refractivity contribution is 7.91. The van der Waals surface area contributed by atoms with Crippen molar-refractivity contribution in [2.45, 2.75) is 51.5 Å². The van der Waals surface area contributed by atoms with Gasteiger partial charge in [-0.25, -0.2) is 13.1 Å². The Kier molecular flexibility index (Phi) is 4.06. The second kappa shape index (κ2) is 5.94. The smallest absolute Gasteiger partial charge is 0.229 e. The third-order valence-electron chi connectivity index (χ3n) is 5.93. The van der Waals surface area contributed by atoms with Crippen molar-refractivity contribution in [2.75, 3.05) is 16.8 Å². The molecule has 7 heteroatoms. The number of sulfone groups is 1. The first-order valence-electron chi connectivity index (χ1n) is 9.42. The van der Waals surface area contributed by atoms with E-state index in [-0.39, 0.29) is 34.8 Å². The van der Waals surface area contributed by atoms with Crippen molar-refractivity contribution < 1.29 is 13.2 Å². The number of rotatable bonds is 3. The maximum atomic E-state index is 12.9. The van der Waals surface area contributed by atoms with Gasteiger partial charge in [0, 0.05) is 17.4 Å². The topological polar surface area (TPSA) is 81.1 Å². The average Bonchev–Trinajstić information content (AvgIpc) is 3.28. The predicted molar refractivity (Wildman–Crippen MR) is 101 cm³/mol. The molecule has 2 fully saturated rings. The van der Waals surface area contributed by atoms with E-state index in [2.05, 4.69) is 43.3 Å². The summed E-state index contributed by atoms with van der Waals surface area (Å²) in [5.41, 5.74) is 0.696. The SMILES string of the molecule is CC(C)(C)c1cc(NC(=O)C2CC3C=CC2C3)n(C2CCS(=O)(=O)C2)n1. The van der Waals surface area contributed by atoms with E-state index >= 15 is 0 Å². The number of allylic oxidation sites excluding steroid dienone is 2. The lowest BCUT2D eigenvalue weighted by Gasteiger charge is -2.19. The number of aromatic nitrogens is 2. The van der Waals surface area contributed by atoms with E-state index < -0.39 is 9.84 Å². The number of hydrogen-bond donors (Lipinski definition) is 1. The Labute approximate surface area is 155 Å². The van der Waals surface area contributed by atoms with Gasteiger partial charge in [0.2, 0.25) is 5.91 Å². The molecule has 2 heterocycles. The Morgan fingerprint density at radius 3 is 2.58 bits per heavy atom. The van der Waals surface area contributed by atoms with E-state index in [0.717, 1.165) is 18.5 Å². The second-order valence-corrected chi connectivity index (χ2v) is 11.3. The van der Waals surface area contributed by atoms with Crippen LogP contribution in [0.25, 0.3) is 0 Å². The van der Waals surface area contributed by atoms with E-state index in [9.17, 15) is 13.2 Å². The Hall–Kier alpha value is -1.63. The van der Waals surface area contributed by atoms with Crippen molar-refractivity contribution in [3.8, 4) is 0 Å². The first-order chi connectivity index (χ1) is 12.1. The van der Waals surface area contributed by atoms with Crippen molar-refractivity contribution in [1.29, 1.82) is 0 Å². The standard InChI is InChI=1S/C19H27N3O3S/c1-19(2,3)16-10-17(22(21-16)14-6-7-26(24,25)11-14)20-18(23)15-9-12-4-5-13(15)8-12/h4-5,10,12-15H,6-9,11H2,1-3H3,(H,20,23). The highest BCUT2D eigenvalue weighted by atomic mass is 32.2. The molecule has 0 spiro atoms. The lowest BCUT2D eigenvalue weighted by Crippen LogP contribution is -2.28. The minimum Gasteiger partial charge on any atom is -0.311 e. The van der Waals surface area contributed by atoms with Crippen molar-refractivity contribution in [3.05, 3.63) is 23.9 Å². The Balaban J connectivity index is 1.61. The highest BCUT2D eigenvalue weighted by Gasteiger charge is 2.40. The zero-order valence-corrected chi connectivity index (χ0v) is 16.4. The van der Waals surface area contributed by atoms with Gasteiger partial charge in [-0.15, -0.1) is 0 Å². The number of nitrogens with zero attached hydrogens (tertiary/aromatic N) is 2. The number of anilines is 1. The van der Waals surface area contributed by atoms with Crippen LogP contribution < -0.4 is 5.32 Å². The van der Waals surface area contributed by atoms with Gasteiger partial charge in [0.15, 0.2) is 9.84 Å². The van der Waals surface area contributed by atoms with Crippen molar-refractivity contribution in [3.63, 3.8) is 0 Å². The number of nitrogens with one attached hydrogen (secondary N) is 1. The van der Waals surface area contributed by atoms with Crippen LogP contribution in [0.3, 0.4) is 0 Å². The van der Waals surface area contributed by atoms with Crippen LogP contribution in [-0.2, 0) is 20.0 Å². The third-order valence-corrected chi connectivity index (χ3v) is 7.68. The summed E-state index contributed by atoms with van der Waals surface area (Å²) in [4.78, 5) is 12.9. The fourth-order valence-corrected chi connectivity index (χ4v) is 6.09. The van der Waals surface area contributed by atoms with Crippen LogP contribution in [0.1, 0.15) is 51.8 Å². The third kappa shape index (κ3) is 3.21. The quantitative estimate of drug-likeness (QED) is 0.821. The largest absolute Gasteiger partial charge is 0.311 e. The Morgan fingerprint density at radius 1 is 1.27 bits per heavy atom. The summed E-state index contributed by atoms with van der Waals surface area (Å²) in [5.74, 6) is 1.83. The summed E-state index contributed by atoms with van der Waals surface area (Å²) in [6.45, 7) is 6.20. The van der Waals surface area contributed by atoms with Crippen molar-refractivity contribution in [2.24, 2.45) is 17.8 Å². The number of carbonyl (C=O) groups excluding carboxylic acids is 1. The maximum absolute atomic E-state index is 12.9. The lowest BCUT2D eigenvalue weighted by molar-refractivity contribution is -0.120. The second-order valence-electron chi connectivity index (χ2n) is 9.04. The molecule has 2 bridgehead atoms. The highest BCUT2D eigenvalue weighted by Crippen LogP contribution is 2.44. The molecule has 2 aliphatic carbocycles. The molecule has 1 aromatic heterocycles. The molecule has 1 aliphatic heterocycles. The first kappa shape index (κ1) is 17.8. The summed E-state index contributed by atoms with van der Waals surface area (Å²) in [6, 6.07) is 1.71. The number of fused-ring (bicyclic) bond motifs is 2. The van der Waals surface area contributed by atoms with E-state index in [4.69, 9.17) is 0 Å². The molecular weight excluding hydrogens is 350 g/mol. The average molecular weight is 378 g/mol. The van der Waals surface area contributed by atoms with Crippen molar-refractivity contribution in [1.82, 2.24) is 9.78 Å². The van der Waals surface area contributed by atoms with Gasteiger partial charge in [-0.3, -0.25) is 4.79 Å². The van der Waals surface area contributed by atoms with E-state index in [1.165, 1.54) is 0 Å². The summed E-state index contributed by atoms with van der Waals surface area (Å²) in [7, 11) is -3.02. The monoisotopic (exact) mass is 377 g/mol. The van der Waals surface area contributed by atoms with Crippen LogP contribution in [0.4, 0.5) is 5.82 Å². The van der Waals surface area contributed by atoms with Gasteiger partial charge in [-0.1, -0.05) is 32.9 Å². The predicted octanol–water partition coefficient (Wildman–Crippen LogP) is 2.69. The van der Waals surface area contributed by atoms with E-state index in [1.54, 1.807) is 4.68 Å². The molecule has 1 aromatic rings. The molecule has 0 aromatic carbocycles. The maximum Gasteiger partial charge on any atom is 0.229 e. The minimum absolute atomic E-state index is 0.0127. The summed E-state index contributed by atoms with van der Waals surface area (Å²) in [5, 5.41) is 7.75.